The van der Waals surface area contributed by atoms with Gasteiger partial charge in [-0.15, -0.1) is 0 Å². The molecule has 0 spiro atoms. The summed E-state index contributed by atoms with van der Waals surface area (Å²) in [5, 5.41) is 2.54. The molecule has 0 heterocycles. The van der Waals surface area contributed by atoms with Crippen LogP contribution in [0.25, 0.3) is 0 Å². The molecule has 0 fully saturated rings. The highest BCUT2D eigenvalue weighted by Crippen LogP contribution is 1.97. The van der Waals surface area contributed by atoms with E-state index in [1.165, 1.54) is 7.05 Å². The van der Waals surface area contributed by atoms with Crippen molar-refractivity contribution in [2.75, 3.05) is 11.5 Å². The van der Waals surface area contributed by atoms with Crippen molar-refractivity contribution in [3.8, 4) is 0 Å². The van der Waals surface area contributed by atoms with Gasteiger partial charge in [0.15, 0.2) is 0 Å². The van der Waals surface area contributed by atoms with Crippen LogP contribution >= 0.6 is 22.6 Å². The molecule has 0 saturated heterocycles. The first kappa shape index (κ1) is 10.6. The predicted molar refractivity (Wildman–Crippen MR) is 44.4 cm³/mol. The molecule has 10 heavy (non-hydrogen) atoms. The number of rotatable bonds is 4. The second-order valence-electron chi connectivity index (χ2n) is 1.46. The van der Waals surface area contributed by atoms with Crippen molar-refractivity contribution in [2.45, 2.75) is 6.23 Å². The molecule has 62 valence electrons. The second kappa shape index (κ2) is 4.44. The fourth-order valence-electron chi connectivity index (χ4n) is 0.298. The molecular weight excluding hydrogens is 273 g/mol. The van der Waals surface area contributed by atoms with Crippen molar-refractivity contribution >= 4 is 33.0 Å². The summed E-state index contributed by atoms with van der Waals surface area (Å²) >= 11 is 1.93. The van der Waals surface area contributed by atoms with E-state index in [1.54, 1.807) is 0 Å². The molecule has 7 heteroatoms. The van der Waals surface area contributed by atoms with Crippen LogP contribution in [0.4, 0.5) is 0 Å². The SMILES string of the molecule is CNC(CI)OS(=O)(=O)O. The van der Waals surface area contributed by atoms with Gasteiger partial charge < -0.3 is 0 Å². The zero-order valence-electron chi connectivity index (χ0n) is 5.24. The first-order valence-electron chi connectivity index (χ1n) is 2.38. The Morgan fingerprint density at radius 1 is 1.80 bits per heavy atom. The maximum atomic E-state index is 10.0. The summed E-state index contributed by atoms with van der Waals surface area (Å²) in [6, 6.07) is 0. The Morgan fingerprint density at radius 2 is 2.30 bits per heavy atom. The van der Waals surface area contributed by atoms with Gasteiger partial charge in [-0.25, -0.2) is 4.18 Å². The maximum absolute atomic E-state index is 10.0. The third-order valence-corrected chi connectivity index (χ3v) is 1.98. The van der Waals surface area contributed by atoms with Crippen LogP contribution in [0.1, 0.15) is 0 Å². The molecule has 5 nitrogen and oxygen atoms in total. The number of alkyl halides is 1. The van der Waals surface area contributed by atoms with Gasteiger partial charge in [0.25, 0.3) is 0 Å². The molecule has 0 aliphatic heterocycles. The van der Waals surface area contributed by atoms with E-state index in [0.717, 1.165) is 0 Å². The number of hydrogen-bond acceptors (Lipinski definition) is 4. The fourth-order valence-corrected chi connectivity index (χ4v) is 1.62. The summed E-state index contributed by atoms with van der Waals surface area (Å²) in [5.74, 6) is 0. The average molecular weight is 281 g/mol. The highest BCUT2D eigenvalue weighted by molar-refractivity contribution is 14.1. The molecule has 0 rings (SSSR count). The summed E-state index contributed by atoms with van der Waals surface area (Å²) < 4.78 is 32.8. The third-order valence-electron chi connectivity index (χ3n) is 0.700. The van der Waals surface area contributed by atoms with Crippen LogP contribution in [0.15, 0.2) is 0 Å². The first-order chi connectivity index (χ1) is 4.49. The lowest BCUT2D eigenvalue weighted by Crippen LogP contribution is -2.31. The van der Waals surface area contributed by atoms with Crippen LogP contribution < -0.4 is 5.32 Å². The number of hydrogen-bond donors (Lipinski definition) is 2. The molecule has 0 saturated carbocycles. The van der Waals surface area contributed by atoms with Gasteiger partial charge in [-0.2, -0.15) is 8.42 Å². The molecule has 0 aromatic carbocycles. The van der Waals surface area contributed by atoms with Crippen molar-refractivity contribution in [1.29, 1.82) is 0 Å². The highest BCUT2D eigenvalue weighted by atomic mass is 127. The first-order valence-corrected chi connectivity index (χ1v) is 5.27. The van der Waals surface area contributed by atoms with Gasteiger partial charge in [-0.1, -0.05) is 22.6 Å². The highest BCUT2D eigenvalue weighted by Gasteiger charge is 2.12. The molecule has 0 aromatic heterocycles. The van der Waals surface area contributed by atoms with E-state index in [2.05, 4.69) is 9.50 Å². The van der Waals surface area contributed by atoms with Crippen LogP contribution in [0.5, 0.6) is 0 Å². The molecule has 0 amide bonds. The molecule has 0 aliphatic carbocycles. The van der Waals surface area contributed by atoms with E-state index in [0.29, 0.717) is 4.43 Å². The Kier molecular flexibility index (Phi) is 4.69. The minimum atomic E-state index is -4.31. The van der Waals surface area contributed by atoms with Crippen molar-refractivity contribution in [1.82, 2.24) is 5.32 Å². The predicted octanol–water partition coefficient (Wildman–Crippen LogP) is -0.214. The van der Waals surface area contributed by atoms with Crippen molar-refractivity contribution in [2.24, 2.45) is 0 Å². The standard InChI is InChI=1S/C3H8INO4S/c1-5-3(2-4)9-10(6,7)8/h3,5H,2H2,1H3,(H,6,7,8). The maximum Gasteiger partial charge on any atom is 0.398 e. The smallest absolute Gasteiger partial charge is 0.293 e. The van der Waals surface area contributed by atoms with Crippen LogP contribution in [0.3, 0.4) is 0 Å². The molecule has 0 radical (unpaired) electrons. The van der Waals surface area contributed by atoms with Crippen molar-refractivity contribution < 1.29 is 17.2 Å². The van der Waals surface area contributed by atoms with Gasteiger partial charge in [-0.05, 0) is 7.05 Å². The van der Waals surface area contributed by atoms with Crippen LogP contribution in [-0.2, 0) is 14.6 Å². The Morgan fingerprint density at radius 3 is 2.40 bits per heavy atom. The number of nitrogens with one attached hydrogen (secondary N) is 1. The molecular formula is C3H8INO4S. The van der Waals surface area contributed by atoms with Crippen LogP contribution in [0, 0.1) is 0 Å². The van der Waals surface area contributed by atoms with Gasteiger partial charge in [0.2, 0.25) is 0 Å². The summed E-state index contributed by atoms with van der Waals surface area (Å²) in [4.78, 5) is 0. The van der Waals surface area contributed by atoms with Crippen LogP contribution in [-0.4, -0.2) is 30.7 Å². The van der Waals surface area contributed by atoms with Gasteiger partial charge >= 0.3 is 10.4 Å². The minimum Gasteiger partial charge on any atom is -0.293 e. The summed E-state index contributed by atoms with van der Waals surface area (Å²) in [6.07, 6.45) is -0.657. The molecule has 0 bridgehead atoms. The Balaban J connectivity index is 3.87. The zero-order valence-corrected chi connectivity index (χ0v) is 8.22. The molecule has 0 aromatic rings. The van der Waals surface area contributed by atoms with Gasteiger partial charge in [-0.3, -0.25) is 9.87 Å². The van der Waals surface area contributed by atoms with Crippen LogP contribution in [0.2, 0.25) is 0 Å². The summed E-state index contributed by atoms with van der Waals surface area (Å²) in [7, 11) is -2.78. The van der Waals surface area contributed by atoms with E-state index >= 15 is 0 Å². The van der Waals surface area contributed by atoms with Gasteiger partial charge in [0, 0.05) is 4.43 Å². The van der Waals surface area contributed by atoms with Crippen molar-refractivity contribution in [3.05, 3.63) is 0 Å². The monoisotopic (exact) mass is 281 g/mol. The van der Waals surface area contributed by atoms with E-state index in [4.69, 9.17) is 4.55 Å². The largest absolute Gasteiger partial charge is 0.398 e. The lowest BCUT2D eigenvalue weighted by Gasteiger charge is -2.09. The molecule has 0 aliphatic rings. The van der Waals surface area contributed by atoms with Crippen molar-refractivity contribution in [3.63, 3.8) is 0 Å². The lowest BCUT2D eigenvalue weighted by atomic mass is 10.7. The molecule has 2 N–H and O–H groups in total. The number of halogens is 1. The normalized spacial score (nSPS) is 15.1. The summed E-state index contributed by atoms with van der Waals surface area (Å²) in [5.41, 5.74) is 0. The Hall–Kier alpha value is 0.560. The summed E-state index contributed by atoms with van der Waals surface area (Å²) in [6.45, 7) is 0. The minimum absolute atomic E-state index is 0.439. The quantitative estimate of drug-likeness (QED) is 0.323. The van der Waals surface area contributed by atoms with E-state index in [-0.39, 0.29) is 0 Å². The topological polar surface area (TPSA) is 75.6 Å². The second-order valence-corrected chi connectivity index (χ2v) is 3.38. The zero-order chi connectivity index (χ0) is 8.20. The average Bonchev–Trinajstić information content (AvgIpc) is 1.81. The van der Waals surface area contributed by atoms with Gasteiger partial charge in [0.1, 0.15) is 6.23 Å². The molecule has 1 unspecified atom stereocenters. The lowest BCUT2D eigenvalue weighted by molar-refractivity contribution is 0.181. The third kappa shape index (κ3) is 5.35. The van der Waals surface area contributed by atoms with E-state index in [9.17, 15) is 8.42 Å². The van der Waals surface area contributed by atoms with E-state index in [1.807, 2.05) is 22.6 Å². The van der Waals surface area contributed by atoms with Gasteiger partial charge in [0.05, 0.1) is 0 Å². The Labute approximate surface area is 73.2 Å². The fraction of sp³-hybridized carbons (Fsp3) is 1.00. The molecule has 1 atom stereocenters. The van der Waals surface area contributed by atoms with E-state index < -0.39 is 16.6 Å². The Bertz CT molecular complexity index is 175.